The molecule has 1 aromatic rings. The summed E-state index contributed by atoms with van der Waals surface area (Å²) in [5.41, 5.74) is -0.262. The van der Waals surface area contributed by atoms with Gasteiger partial charge in [-0.15, -0.1) is 0 Å². The van der Waals surface area contributed by atoms with Gasteiger partial charge in [-0.3, -0.25) is 4.79 Å². The summed E-state index contributed by atoms with van der Waals surface area (Å²) in [6, 6.07) is 1.35. The first kappa shape index (κ1) is 7.72. The second-order valence-electron chi connectivity index (χ2n) is 2.15. The minimum atomic E-state index is -0.262. The van der Waals surface area contributed by atoms with E-state index in [1.807, 2.05) is 6.92 Å². The van der Waals surface area contributed by atoms with E-state index in [0.717, 1.165) is 0 Å². The van der Waals surface area contributed by atoms with E-state index in [1.54, 1.807) is 19.1 Å². The molecule has 3 heteroatoms. The first-order chi connectivity index (χ1) is 5.22. The van der Waals surface area contributed by atoms with Crippen molar-refractivity contribution in [1.82, 2.24) is 4.98 Å². The molecule has 0 radical (unpaired) electrons. The Hall–Kier alpha value is -1.38. The van der Waals surface area contributed by atoms with Crippen LogP contribution in [0.25, 0.3) is 6.08 Å². The summed E-state index contributed by atoms with van der Waals surface area (Å²) in [4.78, 5) is 14.4. The Balaban J connectivity index is 3.19. The molecule has 0 aliphatic heterocycles. The van der Waals surface area contributed by atoms with Gasteiger partial charge >= 0.3 is 0 Å². The monoisotopic (exact) mass is 151 g/mol. The van der Waals surface area contributed by atoms with Crippen LogP contribution in [-0.2, 0) is 0 Å². The number of rotatable bonds is 1. The van der Waals surface area contributed by atoms with Crippen molar-refractivity contribution in [1.29, 1.82) is 0 Å². The lowest BCUT2D eigenvalue weighted by atomic mass is 10.4. The summed E-state index contributed by atoms with van der Waals surface area (Å²) < 4.78 is 5.10. The fraction of sp³-hybridized carbons (Fsp3) is 0.250. The van der Waals surface area contributed by atoms with Crippen LogP contribution in [0.4, 0.5) is 0 Å². The highest BCUT2D eigenvalue weighted by Crippen LogP contribution is 1.98. The summed E-state index contributed by atoms with van der Waals surface area (Å²) in [6.45, 7) is 3.56. The lowest BCUT2D eigenvalue weighted by Crippen LogP contribution is -2.05. The zero-order valence-electron chi connectivity index (χ0n) is 6.50. The Morgan fingerprint density at radius 2 is 2.36 bits per heavy atom. The number of aromatic nitrogens is 1. The molecule has 3 nitrogen and oxygen atoms in total. The highest BCUT2D eigenvalue weighted by Gasteiger charge is 1.94. The third kappa shape index (κ3) is 2.04. The molecule has 0 spiro atoms. The van der Waals surface area contributed by atoms with E-state index in [2.05, 4.69) is 4.98 Å². The van der Waals surface area contributed by atoms with Crippen molar-refractivity contribution in [2.75, 3.05) is 0 Å². The van der Waals surface area contributed by atoms with Crippen molar-refractivity contribution >= 4 is 6.08 Å². The summed E-state index contributed by atoms with van der Waals surface area (Å²) in [6.07, 6.45) is 3.42. The van der Waals surface area contributed by atoms with Crippen molar-refractivity contribution in [3.8, 4) is 0 Å². The van der Waals surface area contributed by atoms with E-state index in [4.69, 9.17) is 4.42 Å². The standard InChI is InChI=1S/C8H9NO2/c1-3-4-8-9-7(10)5-6(2)11-8/h3-5H,1-2H3/b4-3+. The summed E-state index contributed by atoms with van der Waals surface area (Å²) in [7, 11) is 0. The van der Waals surface area contributed by atoms with Gasteiger partial charge in [-0.2, -0.15) is 4.98 Å². The van der Waals surface area contributed by atoms with Gasteiger partial charge in [0.2, 0.25) is 5.89 Å². The van der Waals surface area contributed by atoms with E-state index in [-0.39, 0.29) is 5.56 Å². The van der Waals surface area contributed by atoms with Gasteiger partial charge in [0.15, 0.2) is 0 Å². The molecule has 0 amide bonds. The van der Waals surface area contributed by atoms with Gasteiger partial charge in [0.05, 0.1) is 0 Å². The van der Waals surface area contributed by atoms with Crippen molar-refractivity contribution in [3.05, 3.63) is 34.1 Å². The first-order valence-electron chi connectivity index (χ1n) is 3.34. The van der Waals surface area contributed by atoms with Crippen LogP contribution in [0.3, 0.4) is 0 Å². The van der Waals surface area contributed by atoms with Crippen LogP contribution in [0.1, 0.15) is 18.6 Å². The van der Waals surface area contributed by atoms with E-state index < -0.39 is 0 Å². The molecule has 0 unspecified atom stereocenters. The zero-order valence-corrected chi connectivity index (χ0v) is 6.50. The molecule has 58 valence electrons. The molecular formula is C8H9NO2. The lowest BCUT2D eigenvalue weighted by molar-refractivity contribution is 0.482. The Morgan fingerprint density at radius 3 is 2.91 bits per heavy atom. The second kappa shape index (κ2) is 3.14. The fourth-order valence-corrected chi connectivity index (χ4v) is 0.746. The van der Waals surface area contributed by atoms with E-state index in [0.29, 0.717) is 11.7 Å². The SMILES string of the molecule is C/C=C/c1nc(=O)cc(C)o1. The van der Waals surface area contributed by atoms with Gasteiger partial charge in [0, 0.05) is 6.07 Å². The van der Waals surface area contributed by atoms with Gasteiger partial charge in [0.25, 0.3) is 5.56 Å². The highest BCUT2D eigenvalue weighted by atomic mass is 16.3. The molecule has 0 saturated carbocycles. The van der Waals surface area contributed by atoms with Crippen LogP contribution in [0.5, 0.6) is 0 Å². The molecule has 0 atom stereocenters. The second-order valence-corrected chi connectivity index (χ2v) is 2.15. The number of aryl methyl sites for hydroxylation is 1. The molecule has 1 aromatic heterocycles. The zero-order chi connectivity index (χ0) is 8.27. The number of hydrogen-bond donors (Lipinski definition) is 0. The lowest BCUT2D eigenvalue weighted by Gasteiger charge is -1.91. The minimum Gasteiger partial charge on any atom is -0.443 e. The topological polar surface area (TPSA) is 43.1 Å². The molecule has 0 bridgehead atoms. The predicted octanol–water partition coefficient (Wildman–Crippen LogP) is 1.38. The summed E-state index contributed by atoms with van der Waals surface area (Å²) >= 11 is 0. The van der Waals surface area contributed by atoms with Crippen LogP contribution in [0.2, 0.25) is 0 Å². The number of hydrogen-bond acceptors (Lipinski definition) is 3. The molecule has 0 aliphatic rings. The Labute approximate surface area is 64.4 Å². The van der Waals surface area contributed by atoms with Crippen molar-refractivity contribution in [2.24, 2.45) is 0 Å². The van der Waals surface area contributed by atoms with Crippen molar-refractivity contribution < 1.29 is 4.42 Å². The maximum absolute atomic E-state index is 10.8. The van der Waals surface area contributed by atoms with Gasteiger partial charge in [-0.1, -0.05) is 6.08 Å². The van der Waals surface area contributed by atoms with Gasteiger partial charge < -0.3 is 4.42 Å². The van der Waals surface area contributed by atoms with E-state index >= 15 is 0 Å². The predicted molar refractivity (Wildman–Crippen MR) is 42.2 cm³/mol. The molecule has 0 N–H and O–H groups in total. The smallest absolute Gasteiger partial charge is 0.276 e. The van der Waals surface area contributed by atoms with Crippen molar-refractivity contribution in [3.63, 3.8) is 0 Å². The minimum absolute atomic E-state index is 0.262. The Bertz CT molecular complexity index is 325. The molecule has 0 saturated heterocycles. The van der Waals surface area contributed by atoms with Crippen LogP contribution in [-0.4, -0.2) is 4.98 Å². The van der Waals surface area contributed by atoms with Gasteiger partial charge in [-0.25, -0.2) is 0 Å². The summed E-state index contributed by atoms with van der Waals surface area (Å²) in [5.74, 6) is 0.940. The van der Waals surface area contributed by atoms with Gasteiger partial charge in [0.1, 0.15) is 5.76 Å². The third-order valence-electron chi connectivity index (χ3n) is 1.12. The van der Waals surface area contributed by atoms with Crippen LogP contribution >= 0.6 is 0 Å². The highest BCUT2D eigenvalue weighted by molar-refractivity contribution is 5.36. The van der Waals surface area contributed by atoms with Crippen LogP contribution in [0.15, 0.2) is 21.4 Å². The number of allylic oxidation sites excluding steroid dienone is 1. The van der Waals surface area contributed by atoms with E-state index in [1.165, 1.54) is 6.07 Å². The average molecular weight is 151 g/mol. The molecule has 0 fully saturated rings. The molecule has 11 heavy (non-hydrogen) atoms. The third-order valence-corrected chi connectivity index (χ3v) is 1.12. The Kier molecular flexibility index (Phi) is 2.21. The van der Waals surface area contributed by atoms with Crippen molar-refractivity contribution in [2.45, 2.75) is 13.8 Å². The first-order valence-corrected chi connectivity index (χ1v) is 3.34. The quantitative estimate of drug-likeness (QED) is 0.608. The molecular weight excluding hydrogens is 142 g/mol. The van der Waals surface area contributed by atoms with E-state index in [9.17, 15) is 4.79 Å². The maximum Gasteiger partial charge on any atom is 0.276 e. The van der Waals surface area contributed by atoms with Crippen LogP contribution < -0.4 is 5.56 Å². The average Bonchev–Trinajstić information content (AvgIpc) is 1.85. The summed E-state index contributed by atoms with van der Waals surface area (Å²) in [5, 5.41) is 0. The molecule has 0 aromatic carbocycles. The van der Waals surface area contributed by atoms with Crippen LogP contribution in [0, 0.1) is 6.92 Å². The maximum atomic E-state index is 10.8. The normalized spacial score (nSPS) is 10.7. The Morgan fingerprint density at radius 1 is 1.64 bits per heavy atom. The largest absolute Gasteiger partial charge is 0.443 e. The molecule has 0 aliphatic carbocycles. The molecule has 1 heterocycles. The van der Waals surface area contributed by atoms with Gasteiger partial charge in [-0.05, 0) is 19.9 Å². The fourth-order valence-electron chi connectivity index (χ4n) is 0.746. The molecule has 1 rings (SSSR count). The number of nitrogens with zero attached hydrogens (tertiary/aromatic N) is 1.